The molecular formula is C11H16N4O6. The van der Waals surface area contributed by atoms with Crippen LogP contribution in [0.4, 0.5) is 5.69 Å². The van der Waals surface area contributed by atoms with Gasteiger partial charge in [-0.1, -0.05) is 0 Å². The van der Waals surface area contributed by atoms with Gasteiger partial charge in [-0.3, -0.25) is 19.6 Å². The van der Waals surface area contributed by atoms with Crippen LogP contribution in [0.3, 0.4) is 0 Å². The summed E-state index contributed by atoms with van der Waals surface area (Å²) in [6.45, 7) is 2.72. The van der Waals surface area contributed by atoms with Crippen LogP contribution < -0.4 is 5.32 Å². The van der Waals surface area contributed by atoms with Crippen molar-refractivity contribution in [3.05, 3.63) is 21.5 Å². The number of carbonyl (C=O) groups excluding carboxylic acids is 1. The van der Waals surface area contributed by atoms with Crippen molar-refractivity contribution in [3.8, 4) is 0 Å². The van der Waals surface area contributed by atoms with Crippen molar-refractivity contribution in [1.29, 1.82) is 0 Å². The number of hydrogen-bond acceptors (Lipinski definition) is 6. The zero-order chi connectivity index (χ0) is 16.2. The van der Waals surface area contributed by atoms with Crippen LogP contribution in [-0.4, -0.2) is 49.4 Å². The van der Waals surface area contributed by atoms with Gasteiger partial charge in [0.25, 0.3) is 0 Å². The van der Waals surface area contributed by atoms with Crippen LogP contribution in [0.25, 0.3) is 0 Å². The Labute approximate surface area is 119 Å². The predicted molar refractivity (Wildman–Crippen MR) is 69.6 cm³/mol. The number of hydrogen-bond donors (Lipinski definition) is 3. The second-order valence-corrected chi connectivity index (χ2v) is 4.43. The smallest absolute Gasteiger partial charge is 0.332 e. The molecule has 1 heterocycles. The lowest BCUT2D eigenvalue weighted by atomic mass is 10.2. The van der Waals surface area contributed by atoms with Gasteiger partial charge in [-0.05, 0) is 13.8 Å². The second-order valence-electron chi connectivity index (χ2n) is 4.43. The Morgan fingerprint density at radius 3 is 2.57 bits per heavy atom. The van der Waals surface area contributed by atoms with E-state index in [4.69, 9.17) is 10.2 Å². The number of aliphatic hydroxyl groups is 1. The third-order valence-electron chi connectivity index (χ3n) is 2.84. The molecule has 1 unspecified atom stereocenters. The molecule has 0 spiro atoms. The van der Waals surface area contributed by atoms with Crippen molar-refractivity contribution in [2.24, 2.45) is 0 Å². The molecule has 1 atom stereocenters. The van der Waals surface area contributed by atoms with Crippen molar-refractivity contribution < 1.29 is 24.7 Å². The number of nitrogens with one attached hydrogen (secondary N) is 1. The Kier molecular flexibility index (Phi) is 5.36. The van der Waals surface area contributed by atoms with Gasteiger partial charge in [-0.25, -0.2) is 4.79 Å². The minimum atomic E-state index is -1.54. The van der Waals surface area contributed by atoms with Crippen LogP contribution >= 0.6 is 0 Å². The predicted octanol–water partition coefficient (Wildman–Crippen LogP) is -0.640. The molecule has 10 nitrogen and oxygen atoms in total. The Hall–Kier alpha value is -2.49. The summed E-state index contributed by atoms with van der Waals surface area (Å²) in [4.78, 5) is 32.3. The summed E-state index contributed by atoms with van der Waals surface area (Å²) in [6.07, 6.45) is -1.67. The van der Waals surface area contributed by atoms with Crippen molar-refractivity contribution in [2.75, 3.05) is 6.54 Å². The van der Waals surface area contributed by atoms with E-state index in [2.05, 4.69) is 10.4 Å². The molecule has 0 fully saturated rings. The SMILES string of the molecule is Cc1nn(CC(=O)NCCC(O)C(=O)O)c(C)c1[N+](=O)[O-]. The van der Waals surface area contributed by atoms with E-state index < -0.39 is 22.9 Å². The third kappa shape index (κ3) is 4.24. The van der Waals surface area contributed by atoms with Crippen molar-refractivity contribution in [1.82, 2.24) is 15.1 Å². The summed E-state index contributed by atoms with van der Waals surface area (Å²) >= 11 is 0. The average molecular weight is 300 g/mol. The molecule has 0 aliphatic heterocycles. The zero-order valence-corrected chi connectivity index (χ0v) is 11.6. The third-order valence-corrected chi connectivity index (χ3v) is 2.84. The van der Waals surface area contributed by atoms with E-state index in [-0.39, 0.29) is 36.6 Å². The topological polar surface area (TPSA) is 148 Å². The van der Waals surface area contributed by atoms with Gasteiger partial charge in [0.2, 0.25) is 5.91 Å². The van der Waals surface area contributed by atoms with Crippen molar-refractivity contribution in [3.63, 3.8) is 0 Å². The van der Waals surface area contributed by atoms with Gasteiger partial charge < -0.3 is 15.5 Å². The lowest BCUT2D eigenvalue weighted by Gasteiger charge is -2.08. The number of rotatable bonds is 7. The fraction of sp³-hybridized carbons (Fsp3) is 0.545. The zero-order valence-electron chi connectivity index (χ0n) is 11.6. The van der Waals surface area contributed by atoms with Gasteiger partial charge in [0.05, 0.1) is 4.92 Å². The quantitative estimate of drug-likeness (QED) is 0.448. The lowest BCUT2D eigenvalue weighted by Crippen LogP contribution is -2.32. The van der Waals surface area contributed by atoms with Crippen LogP contribution in [0.1, 0.15) is 17.8 Å². The van der Waals surface area contributed by atoms with Gasteiger partial charge in [0.1, 0.15) is 17.9 Å². The summed E-state index contributed by atoms with van der Waals surface area (Å²) in [5.74, 6) is -1.84. The highest BCUT2D eigenvalue weighted by atomic mass is 16.6. The van der Waals surface area contributed by atoms with Gasteiger partial charge in [0, 0.05) is 13.0 Å². The summed E-state index contributed by atoms with van der Waals surface area (Å²) in [5, 5.41) is 34.6. The number of amides is 1. The van der Waals surface area contributed by atoms with E-state index in [1.165, 1.54) is 18.5 Å². The molecule has 1 rings (SSSR count). The first-order valence-electron chi connectivity index (χ1n) is 6.10. The van der Waals surface area contributed by atoms with E-state index in [0.717, 1.165) is 0 Å². The van der Waals surface area contributed by atoms with Crippen molar-refractivity contribution in [2.45, 2.75) is 32.9 Å². The van der Waals surface area contributed by atoms with E-state index >= 15 is 0 Å². The maximum atomic E-state index is 11.6. The normalized spacial score (nSPS) is 12.0. The Balaban J connectivity index is 2.58. The number of aliphatic carboxylic acids is 1. The monoisotopic (exact) mass is 300 g/mol. The minimum Gasteiger partial charge on any atom is -0.479 e. The van der Waals surface area contributed by atoms with E-state index in [1.54, 1.807) is 0 Å². The average Bonchev–Trinajstić information content (AvgIpc) is 2.63. The molecule has 0 bridgehead atoms. The summed E-state index contributed by atoms with van der Waals surface area (Å²) in [6, 6.07) is 0. The van der Waals surface area contributed by atoms with Gasteiger partial charge in [-0.2, -0.15) is 5.10 Å². The van der Waals surface area contributed by atoms with Crippen molar-refractivity contribution >= 4 is 17.6 Å². The maximum absolute atomic E-state index is 11.6. The highest BCUT2D eigenvalue weighted by Crippen LogP contribution is 2.21. The first-order chi connectivity index (χ1) is 9.73. The number of nitro groups is 1. The van der Waals surface area contributed by atoms with Crippen LogP contribution in [-0.2, 0) is 16.1 Å². The number of carboxylic acids is 1. The summed E-state index contributed by atoms with van der Waals surface area (Å²) in [5.41, 5.74) is 0.342. The van der Waals surface area contributed by atoms with Gasteiger partial charge >= 0.3 is 11.7 Å². The van der Waals surface area contributed by atoms with E-state index in [9.17, 15) is 19.7 Å². The molecule has 0 radical (unpaired) electrons. The molecule has 1 amide bonds. The maximum Gasteiger partial charge on any atom is 0.332 e. The first-order valence-corrected chi connectivity index (χ1v) is 6.10. The number of carboxylic acid groups (broad SMARTS) is 1. The molecule has 1 aromatic heterocycles. The Bertz CT molecular complexity index is 567. The van der Waals surface area contributed by atoms with Crippen LogP contribution in [0.2, 0.25) is 0 Å². The fourth-order valence-corrected chi connectivity index (χ4v) is 1.77. The highest BCUT2D eigenvalue weighted by Gasteiger charge is 2.22. The molecule has 0 aliphatic rings. The molecular weight excluding hydrogens is 284 g/mol. The number of carbonyl (C=O) groups is 2. The second kappa shape index (κ2) is 6.79. The van der Waals surface area contributed by atoms with Crippen LogP contribution in [0.15, 0.2) is 0 Å². The van der Waals surface area contributed by atoms with Gasteiger partial charge in [-0.15, -0.1) is 0 Å². The highest BCUT2D eigenvalue weighted by molar-refractivity contribution is 5.76. The van der Waals surface area contributed by atoms with Gasteiger partial charge in [0.15, 0.2) is 6.10 Å². The number of nitrogens with zero attached hydrogens (tertiary/aromatic N) is 3. The molecule has 0 aromatic carbocycles. The molecule has 0 aliphatic carbocycles. The standard InChI is InChI=1S/C11H16N4O6/c1-6-10(15(20)21)7(2)14(13-6)5-9(17)12-4-3-8(16)11(18)19/h8,16H,3-5H2,1-2H3,(H,12,17)(H,18,19). The Morgan fingerprint density at radius 2 is 2.10 bits per heavy atom. The first kappa shape index (κ1) is 16.6. The lowest BCUT2D eigenvalue weighted by molar-refractivity contribution is -0.386. The molecule has 21 heavy (non-hydrogen) atoms. The number of aryl methyl sites for hydroxylation is 1. The van der Waals surface area contributed by atoms with Crippen LogP contribution in [0.5, 0.6) is 0 Å². The molecule has 0 saturated heterocycles. The molecule has 10 heteroatoms. The minimum absolute atomic E-state index is 0.0201. The molecule has 3 N–H and O–H groups in total. The largest absolute Gasteiger partial charge is 0.479 e. The molecule has 0 saturated carbocycles. The molecule has 1 aromatic rings. The van der Waals surface area contributed by atoms with Crippen LogP contribution in [0, 0.1) is 24.0 Å². The van der Waals surface area contributed by atoms with E-state index in [1.807, 2.05) is 0 Å². The van der Waals surface area contributed by atoms with E-state index in [0.29, 0.717) is 0 Å². The summed E-state index contributed by atoms with van der Waals surface area (Å²) in [7, 11) is 0. The fourth-order valence-electron chi connectivity index (χ4n) is 1.77. The number of aliphatic hydroxyl groups excluding tert-OH is 1. The molecule has 116 valence electrons. The Morgan fingerprint density at radius 1 is 1.48 bits per heavy atom. The summed E-state index contributed by atoms with van der Waals surface area (Å²) < 4.78 is 1.20. The number of aromatic nitrogens is 2.